The van der Waals surface area contributed by atoms with E-state index in [2.05, 4.69) is 9.97 Å². The molecule has 0 atom stereocenters. The number of nitrogens with zero attached hydrogens (tertiary/aromatic N) is 2. The average molecular weight is 273 g/mol. The molecule has 0 saturated carbocycles. The molecule has 0 fully saturated rings. The molecule has 0 aliphatic carbocycles. The fourth-order valence-corrected chi connectivity index (χ4v) is 2.29. The molecule has 0 unspecified atom stereocenters. The van der Waals surface area contributed by atoms with Crippen LogP contribution >= 0.6 is 11.6 Å². The van der Waals surface area contributed by atoms with E-state index in [1.165, 1.54) is 0 Å². The van der Waals surface area contributed by atoms with Gasteiger partial charge in [-0.2, -0.15) is 0 Å². The van der Waals surface area contributed by atoms with Gasteiger partial charge in [0.05, 0.1) is 0 Å². The van der Waals surface area contributed by atoms with Crippen molar-refractivity contribution in [2.75, 3.05) is 0 Å². The first-order valence-electron chi connectivity index (χ1n) is 6.20. The van der Waals surface area contributed by atoms with E-state index in [0.29, 0.717) is 5.15 Å². The van der Waals surface area contributed by atoms with Gasteiger partial charge in [-0.15, -0.1) is 0 Å². The highest BCUT2D eigenvalue weighted by molar-refractivity contribution is 6.29. The van der Waals surface area contributed by atoms with Gasteiger partial charge in [0.15, 0.2) is 5.76 Å². The minimum Gasteiger partial charge on any atom is -0.454 e. The maximum Gasteiger partial charge on any atom is 0.153 e. The monoisotopic (exact) mass is 272 g/mol. The molecule has 0 bridgehead atoms. The highest BCUT2D eigenvalue weighted by Crippen LogP contribution is 2.29. The van der Waals surface area contributed by atoms with E-state index < -0.39 is 0 Å². The number of aryl methyl sites for hydroxylation is 2. The van der Waals surface area contributed by atoms with Crippen molar-refractivity contribution in [3.63, 3.8) is 0 Å². The van der Waals surface area contributed by atoms with Gasteiger partial charge in [0.2, 0.25) is 0 Å². The number of rotatable bonds is 2. The van der Waals surface area contributed by atoms with Crippen molar-refractivity contribution in [2.24, 2.45) is 0 Å². The SMILES string of the molecule is CCc1nc(Cl)cc(-c2cc3cccc(C)c3o2)n1. The quantitative estimate of drug-likeness (QED) is 0.649. The lowest BCUT2D eigenvalue weighted by Gasteiger charge is -2.00. The van der Waals surface area contributed by atoms with E-state index in [9.17, 15) is 0 Å². The number of benzene rings is 1. The van der Waals surface area contributed by atoms with Crippen molar-refractivity contribution >= 4 is 22.6 Å². The summed E-state index contributed by atoms with van der Waals surface area (Å²) >= 11 is 6.02. The van der Waals surface area contributed by atoms with Crippen LogP contribution in [0.25, 0.3) is 22.4 Å². The smallest absolute Gasteiger partial charge is 0.153 e. The zero-order valence-electron chi connectivity index (χ0n) is 10.8. The highest BCUT2D eigenvalue weighted by Gasteiger charge is 2.11. The minimum absolute atomic E-state index is 0.444. The number of para-hydroxylation sites is 1. The van der Waals surface area contributed by atoms with Gasteiger partial charge in [0.25, 0.3) is 0 Å². The molecule has 1 aromatic carbocycles. The Morgan fingerprint density at radius 2 is 2.05 bits per heavy atom. The molecule has 3 aromatic rings. The number of furan rings is 1. The van der Waals surface area contributed by atoms with Crippen LogP contribution in [-0.2, 0) is 6.42 Å². The van der Waals surface area contributed by atoms with Gasteiger partial charge in [0, 0.05) is 17.9 Å². The molecule has 0 amide bonds. The predicted octanol–water partition coefficient (Wildman–Crippen LogP) is 4.41. The van der Waals surface area contributed by atoms with E-state index >= 15 is 0 Å². The third kappa shape index (κ3) is 2.22. The molecule has 19 heavy (non-hydrogen) atoms. The first kappa shape index (κ1) is 12.2. The Kier molecular flexibility index (Phi) is 2.99. The van der Waals surface area contributed by atoms with Gasteiger partial charge < -0.3 is 4.42 Å². The zero-order chi connectivity index (χ0) is 13.4. The first-order valence-corrected chi connectivity index (χ1v) is 6.58. The van der Waals surface area contributed by atoms with Crippen LogP contribution in [-0.4, -0.2) is 9.97 Å². The standard InChI is InChI=1S/C15H13ClN2O/c1-3-14-17-11(8-13(16)18-14)12-7-10-6-4-5-9(2)15(10)19-12/h4-8H,3H2,1-2H3. The molecule has 0 aliphatic heterocycles. The molecule has 0 aliphatic rings. The predicted molar refractivity (Wildman–Crippen MR) is 76.4 cm³/mol. The Morgan fingerprint density at radius 1 is 1.21 bits per heavy atom. The lowest BCUT2D eigenvalue weighted by Crippen LogP contribution is -1.94. The molecule has 96 valence electrons. The van der Waals surface area contributed by atoms with Crippen molar-refractivity contribution in [3.8, 4) is 11.5 Å². The Labute approximate surface area is 116 Å². The topological polar surface area (TPSA) is 38.9 Å². The molecular weight excluding hydrogens is 260 g/mol. The Bertz CT molecular complexity index is 749. The van der Waals surface area contributed by atoms with Crippen LogP contribution in [0.1, 0.15) is 18.3 Å². The molecule has 2 aromatic heterocycles. The minimum atomic E-state index is 0.444. The summed E-state index contributed by atoms with van der Waals surface area (Å²) in [6, 6.07) is 9.79. The van der Waals surface area contributed by atoms with Gasteiger partial charge in [0.1, 0.15) is 22.3 Å². The van der Waals surface area contributed by atoms with Crippen LogP contribution in [0.2, 0.25) is 5.15 Å². The molecule has 3 rings (SSSR count). The molecule has 0 saturated heterocycles. The third-order valence-electron chi connectivity index (χ3n) is 3.05. The van der Waals surface area contributed by atoms with Crippen molar-refractivity contribution in [1.82, 2.24) is 9.97 Å². The van der Waals surface area contributed by atoms with E-state index in [-0.39, 0.29) is 0 Å². The molecule has 4 heteroatoms. The van der Waals surface area contributed by atoms with Crippen LogP contribution < -0.4 is 0 Å². The van der Waals surface area contributed by atoms with Crippen molar-refractivity contribution in [2.45, 2.75) is 20.3 Å². The van der Waals surface area contributed by atoms with Crippen LogP contribution in [0, 0.1) is 6.92 Å². The van der Waals surface area contributed by atoms with Crippen LogP contribution in [0.3, 0.4) is 0 Å². The van der Waals surface area contributed by atoms with Gasteiger partial charge in [-0.05, 0) is 18.6 Å². The lowest BCUT2D eigenvalue weighted by molar-refractivity contribution is 0.625. The fraction of sp³-hybridized carbons (Fsp3) is 0.200. The van der Waals surface area contributed by atoms with Gasteiger partial charge >= 0.3 is 0 Å². The summed E-state index contributed by atoms with van der Waals surface area (Å²) in [4.78, 5) is 8.62. The van der Waals surface area contributed by atoms with E-state index in [1.807, 2.05) is 38.1 Å². The second-order valence-corrected chi connectivity index (χ2v) is 4.84. The number of hydrogen-bond acceptors (Lipinski definition) is 3. The Morgan fingerprint density at radius 3 is 2.79 bits per heavy atom. The summed E-state index contributed by atoms with van der Waals surface area (Å²) in [6.07, 6.45) is 0.743. The molecular formula is C15H13ClN2O. The Balaban J connectivity index is 2.19. The maximum atomic E-state index is 6.02. The second kappa shape index (κ2) is 4.67. The van der Waals surface area contributed by atoms with Crippen molar-refractivity contribution in [3.05, 3.63) is 46.9 Å². The lowest BCUT2D eigenvalue weighted by atomic mass is 10.2. The van der Waals surface area contributed by atoms with Gasteiger partial charge in [-0.25, -0.2) is 9.97 Å². The molecule has 0 spiro atoms. The summed E-state index contributed by atoms with van der Waals surface area (Å²) in [5, 5.41) is 1.52. The zero-order valence-corrected chi connectivity index (χ0v) is 11.5. The van der Waals surface area contributed by atoms with Gasteiger partial charge in [-0.1, -0.05) is 36.7 Å². The summed E-state index contributed by atoms with van der Waals surface area (Å²) in [7, 11) is 0. The molecule has 3 nitrogen and oxygen atoms in total. The van der Waals surface area contributed by atoms with Crippen molar-refractivity contribution in [1.29, 1.82) is 0 Å². The summed E-state index contributed by atoms with van der Waals surface area (Å²) in [6.45, 7) is 4.03. The molecule has 0 N–H and O–H groups in total. The fourth-order valence-electron chi connectivity index (χ4n) is 2.08. The normalized spacial score (nSPS) is 11.1. The van der Waals surface area contributed by atoms with E-state index in [0.717, 1.165) is 40.2 Å². The molecule has 0 radical (unpaired) electrons. The summed E-state index contributed by atoms with van der Waals surface area (Å²) in [5.41, 5.74) is 2.73. The van der Waals surface area contributed by atoms with Crippen LogP contribution in [0.15, 0.2) is 34.7 Å². The van der Waals surface area contributed by atoms with E-state index in [4.69, 9.17) is 16.0 Å². The largest absolute Gasteiger partial charge is 0.454 e. The van der Waals surface area contributed by atoms with Crippen LogP contribution in [0.4, 0.5) is 0 Å². The second-order valence-electron chi connectivity index (χ2n) is 4.45. The number of hydrogen-bond donors (Lipinski definition) is 0. The average Bonchev–Trinajstić information content (AvgIpc) is 2.83. The number of halogens is 1. The third-order valence-corrected chi connectivity index (χ3v) is 3.24. The van der Waals surface area contributed by atoms with E-state index in [1.54, 1.807) is 6.07 Å². The van der Waals surface area contributed by atoms with Crippen molar-refractivity contribution < 1.29 is 4.42 Å². The van der Waals surface area contributed by atoms with Gasteiger partial charge in [-0.3, -0.25) is 0 Å². The molecule has 2 heterocycles. The highest BCUT2D eigenvalue weighted by atomic mass is 35.5. The maximum absolute atomic E-state index is 6.02. The summed E-state index contributed by atoms with van der Waals surface area (Å²) < 4.78 is 5.89. The first-order chi connectivity index (χ1) is 9.17. The van der Waals surface area contributed by atoms with Crippen LogP contribution in [0.5, 0.6) is 0 Å². The Hall–Kier alpha value is -1.87. The number of aromatic nitrogens is 2. The summed E-state index contributed by atoms with van der Waals surface area (Å²) in [5.74, 6) is 1.45. The number of fused-ring (bicyclic) bond motifs is 1.